The number of hydrogen-bond acceptors (Lipinski definition) is 4. The SMILES string of the molecule is CCCCOC(=O)c1cccc(NC(=O)C(C)Oc2ccc(C(C)(C)c3ccccc3)cc2)c1. The smallest absolute Gasteiger partial charge is 0.338 e. The third kappa shape index (κ3) is 6.47. The number of carbonyl (C=O) groups is 2. The standard InChI is InChI=1S/C29H33NO4/c1-5-6-19-33-28(32)22-11-10-14-25(20-22)30-27(31)21(2)34-26-17-15-24(16-18-26)29(3,4)23-12-8-7-9-13-23/h7-18,20-21H,5-6,19H2,1-4H3,(H,30,31). The molecule has 34 heavy (non-hydrogen) atoms. The van der Waals surface area contributed by atoms with Crippen LogP contribution in [0, 0.1) is 0 Å². The van der Waals surface area contributed by atoms with Gasteiger partial charge in [-0.05, 0) is 54.8 Å². The van der Waals surface area contributed by atoms with Gasteiger partial charge in [-0.25, -0.2) is 4.79 Å². The van der Waals surface area contributed by atoms with Gasteiger partial charge in [0.15, 0.2) is 6.10 Å². The van der Waals surface area contributed by atoms with Gasteiger partial charge in [-0.1, -0.05) is 75.7 Å². The monoisotopic (exact) mass is 459 g/mol. The molecule has 0 saturated carbocycles. The number of ether oxygens (including phenoxy) is 2. The number of rotatable bonds is 10. The van der Waals surface area contributed by atoms with E-state index in [1.165, 1.54) is 5.56 Å². The molecule has 178 valence electrons. The summed E-state index contributed by atoms with van der Waals surface area (Å²) in [6.45, 7) is 8.48. The summed E-state index contributed by atoms with van der Waals surface area (Å²) in [6.07, 6.45) is 1.06. The zero-order chi connectivity index (χ0) is 24.6. The summed E-state index contributed by atoms with van der Waals surface area (Å²) in [5, 5.41) is 2.81. The van der Waals surface area contributed by atoms with Gasteiger partial charge in [0, 0.05) is 11.1 Å². The second-order valence-electron chi connectivity index (χ2n) is 8.84. The molecule has 3 rings (SSSR count). The number of amides is 1. The number of carbonyl (C=O) groups excluding carboxylic acids is 2. The molecule has 1 N–H and O–H groups in total. The molecular weight excluding hydrogens is 426 g/mol. The average molecular weight is 460 g/mol. The van der Waals surface area contributed by atoms with Crippen molar-refractivity contribution in [1.29, 1.82) is 0 Å². The molecule has 0 spiro atoms. The summed E-state index contributed by atoms with van der Waals surface area (Å²) in [5.74, 6) is -0.0823. The molecule has 0 bridgehead atoms. The molecule has 0 aliphatic rings. The first-order valence-electron chi connectivity index (χ1n) is 11.7. The molecule has 1 amide bonds. The average Bonchev–Trinajstić information content (AvgIpc) is 2.85. The summed E-state index contributed by atoms with van der Waals surface area (Å²) >= 11 is 0. The molecule has 0 aliphatic carbocycles. The van der Waals surface area contributed by atoms with Crippen LogP contribution < -0.4 is 10.1 Å². The van der Waals surface area contributed by atoms with Crippen LogP contribution in [0.15, 0.2) is 78.9 Å². The van der Waals surface area contributed by atoms with E-state index in [9.17, 15) is 9.59 Å². The Morgan fingerprint density at radius 1 is 0.912 bits per heavy atom. The van der Waals surface area contributed by atoms with Gasteiger partial charge >= 0.3 is 5.97 Å². The van der Waals surface area contributed by atoms with Gasteiger partial charge < -0.3 is 14.8 Å². The zero-order valence-corrected chi connectivity index (χ0v) is 20.3. The first-order chi connectivity index (χ1) is 16.3. The Kier molecular flexibility index (Phi) is 8.47. The maximum Gasteiger partial charge on any atom is 0.338 e. The fourth-order valence-electron chi connectivity index (χ4n) is 3.59. The van der Waals surface area contributed by atoms with Crippen LogP contribution in [0.2, 0.25) is 0 Å². The van der Waals surface area contributed by atoms with E-state index in [2.05, 4.69) is 31.3 Å². The molecule has 0 saturated heterocycles. The molecule has 0 fully saturated rings. The summed E-state index contributed by atoms with van der Waals surface area (Å²) < 4.78 is 11.1. The summed E-state index contributed by atoms with van der Waals surface area (Å²) in [6, 6.07) is 24.9. The van der Waals surface area contributed by atoms with Crippen LogP contribution >= 0.6 is 0 Å². The molecule has 1 unspecified atom stereocenters. The fourth-order valence-corrected chi connectivity index (χ4v) is 3.59. The lowest BCUT2D eigenvalue weighted by atomic mass is 9.78. The maximum atomic E-state index is 12.7. The highest BCUT2D eigenvalue weighted by Gasteiger charge is 2.23. The van der Waals surface area contributed by atoms with Crippen molar-refractivity contribution in [3.05, 3.63) is 95.6 Å². The topological polar surface area (TPSA) is 64.6 Å². The van der Waals surface area contributed by atoms with Crippen molar-refractivity contribution in [2.45, 2.75) is 52.1 Å². The van der Waals surface area contributed by atoms with E-state index >= 15 is 0 Å². The van der Waals surface area contributed by atoms with E-state index in [1.54, 1.807) is 31.2 Å². The Morgan fingerprint density at radius 2 is 1.59 bits per heavy atom. The molecule has 0 heterocycles. The second-order valence-corrected chi connectivity index (χ2v) is 8.84. The minimum Gasteiger partial charge on any atom is -0.481 e. The lowest BCUT2D eigenvalue weighted by molar-refractivity contribution is -0.122. The van der Waals surface area contributed by atoms with E-state index in [0.717, 1.165) is 18.4 Å². The van der Waals surface area contributed by atoms with Gasteiger partial charge in [0.1, 0.15) is 5.75 Å². The van der Waals surface area contributed by atoms with E-state index in [1.807, 2.05) is 49.4 Å². The van der Waals surface area contributed by atoms with Gasteiger partial charge in [0.25, 0.3) is 5.91 Å². The minimum atomic E-state index is -0.715. The lowest BCUT2D eigenvalue weighted by Crippen LogP contribution is -2.30. The van der Waals surface area contributed by atoms with Crippen LogP contribution in [-0.2, 0) is 14.9 Å². The Morgan fingerprint density at radius 3 is 2.26 bits per heavy atom. The van der Waals surface area contributed by atoms with Crippen molar-refractivity contribution in [2.75, 3.05) is 11.9 Å². The quantitative estimate of drug-likeness (QED) is 0.282. The number of unbranched alkanes of at least 4 members (excludes halogenated alkanes) is 1. The predicted octanol–water partition coefficient (Wildman–Crippen LogP) is 6.38. The normalized spacial score (nSPS) is 12.0. The zero-order valence-electron chi connectivity index (χ0n) is 20.3. The van der Waals surface area contributed by atoms with E-state index < -0.39 is 12.1 Å². The summed E-state index contributed by atoms with van der Waals surface area (Å²) in [4.78, 5) is 24.8. The van der Waals surface area contributed by atoms with Gasteiger partial charge in [0.2, 0.25) is 0 Å². The predicted molar refractivity (Wildman–Crippen MR) is 135 cm³/mol. The van der Waals surface area contributed by atoms with E-state index in [4.69, 9.17) is 9.47 Å². The van der Waals surface area contributed by atoms with Crippen LogP contribution in [0.1, 0.15) is 62.0 Å². The number of nitrogens with one attached hydrogen (secondary N) is 1. The highest BCUT2D eigenvalue weighted by Crippen LogP contribution is 2.32. The van der Waals surface area contributed by atoms with Crippen LogP contribution in [0.4, 0.5) is 5.69 Å². The maximum absolute atomic E-state index is 12.7. The van der Waals surface area contributed by atoms with Gasteiger partial charge in [-0.15, -0.1) is 0 Å². The lowest BCUT2D eigenvalue weighted by Gasteiger charge is -2.26. The van der Waals surface area contributed by atoms with Crippen molar-refractivity contribution >= 4 is 17.6 Å². The number of hydrogen-bond donors (Lipinski definition) is 1. The first-order valence-corrected chi connectivity index (χ1v) is 11.7. The highest BCUT2D eigenvalue weighted by molar-refractivity contribution is 5.96. The number of benzene rings is 3. The minimum absolute atomic E-state index is 0.147. The molecule has 0 aliphatic heterocycles. The number of anilines is 1. The van der Waals surface area contributed by atoms with Crippen molar-refractivity contribution in [3.63, 3.8) is 0 Å². The van der Waals surface area contributed by atoms with Crippen molar-refractivity contribution in [1.82, 2.24) is 0 Å². The molecule has 5 nitrogen and oxygen atoms in total. The Labute approximate surface area is 202 Å². The molecule has 5 heteroatoms. The van der Waals surface area contributed by atoms with Gasteiger partial charge in [-0.2, -0.15) is 0 Å². The third-order valence-corrected chi connectivity index (χ3v) is 5.85. The Hall–Kier alpha value is -3.60. The van der Waals surface area contributed by atoms with Gasteiger partial charge in [0.05, 0.1) is 12.2 Å². The molecule has 3 aromatic rings. The summed E-state index contributed by atoms with van der Waals surface area (Å²) in [5.41, 5.74) is 3.16. The van der Waals surface area contributed by atoms with Crippen LogP contribution in [-0.4, -0.2) is 24.6 Å². The molecule has 1 atom stereocenters. The number of esters is 1. The first kappa shape index (κ1) is 25.0. The highest BCUT2D eigenvalue weighted by atomic mass is 16.5. The van der Waals surface area contributed by atoms with E-state index in [-0.39, 0.29) is 11.3 Å². The van der Waals surface area contributed by atoms with Crippen molar-refractivity contribution < 1.29 is 19.1 Å². The van der Waals surface area contributed by atoms with Crippen LogP contribution in [0.25, 0.3) is 0 Å². The van der Waals surface area contributed by atoms with Crippen molar-refractivity contribution in [2.24, 2.45) is 0 Å². The molecule has 0 radical (unpaired) electrons. The Bertz CT molecular complexity index is 1090. The summed E-state index contributed by atoms with van der Waals surface area (Å²) in [7, 11) is 0. The van der Waals surface area contributed by atoms with E-state index in [0.29, 0.717) is 23.6 Å². The van der Waals surface area contributed by atoms with Crippen LogP contribution in [0.3, 0.4) is 0 Å². The molecule has 0 aromatic heterocycles. The second kappa shape index (κ2) is 11.5. The van der Waals surface area contributed by atoms with Gasteiger partial charge in [-0.3, -0.25) is 4.79 Å². The van der Waals surface area contributed by atoms with Crippen molar-refractivity contribution in [3.8, 4) is 5.75 Å². The third-order valence-electron chi connectivity index (χ3n) is 5.85. The molecular formula is C29H33NO4. The molecule has 3 aromatic carbocycles. The Balaban J connectivity index is 1.60. The largest absolute Gasteiger partial charge is 0.481 e. The van der Waals surface area contributed by atoms with Crippen LogP contribution in [0.5, 0.6) is 5.75 Å². The fraction of sp³-hybridized carbons (Fsp3) is 0.310.